The zero-order chi connectivity index (χ0) is 20.6. The van der Waals surface area contributed by atoms with Crippen molar-refractivity contribution in [3.05, 3.63) is 54.4 Å². The van der Waals surface area contributed by atoms with E-state index in [-0.39, 0.29) is 11.8 Å². The van der Waals surface area contributed by atoms with Gasteiger partial charge in [-0.25, -0.2) is 4.98 Å². The van der Waals surface area contributed by atoms with Crippen molar-refractivity contribution >= 4 is 16.9 Å². The van der Waals surface area contributed by atoms with Crippen LogP contribution in [0.4, 0.5) is 0 Å². The van der Waals surface area contributed by atoms with Crippen LogP contribution < -0.4 is 14.8 Å². The van der Waals surface area contributed by atoms with Crippen LogP contribution in [0, 0.1) is 5.92 Å². The minimum Gasteiger partial charge on any atom is -0.493 e. The second-order valence-corrected chi connectivity index (χ2v) is 7.22. The van der Waals surface area contributed by atoms with E-state index in [1.807, 2.05) is 56.3 Å². The first kappa shape index (κ1) is 20.7. The monoisotopic (exact) mass is 395 g/mol. The summed E-state index contributed by atoms with van der Waals surface area (Å²) in [5, 5.41) is 2.97. The first-order valence-corrected chi connectivity index (χ1v) is 10.1. The van der Waals surface area contributed by atoms with Crippen LogP contribution in [0.15, 0.2) is 48.5 Å². The van der Waals surface area contributed by atoms with Gasteiger partial charge in [-0.15, -0.1) is 0 Å². The van der Waals surface area contributed by atoms with Crippen molar-refractivity contribution in [1.29, 1.82) is 0 Å². The van der Waals surface area contributed by atoms with Crippen LogP contribution in [0.5, 0.6) is 11.5 Å². The number of para-hydroxylation sites is 4. The Morgan fingerprint density at radius 2 is 1.83 bits per heavy atom. The van der Waals surface area contributed by atoms with Gasteiger partial charge >= 0.3 is 0 Å². The number of imidazole rings is 1. The smallest absolute Gasteiger partial charge is 0.222 e. The summed E-state index contributed by atoms with van der Waals surface area (Å²) in [4.78, 5) is 16.5. The third kappa shape index (κ3) is 5.28. The molecule has 29 heavy (non-hydrogen) atoms. The highest BCUT2D eigenvalue weighted by molar-refractivity contribution is 5.77. The van der Waals surface area contributed by atoms with Gasteiger partial charge in [0.05, 0.1) is 24.7 Å². The fourth-order valence-corrected chi connectivity index (χ4v) is 3.21. The predicted octanol–water partition coefficient (Wildman–Crippen LogP) is 3.83. The van der Waals surface area contributed by atoms with Gasteiger partial charge in [0, 0.05) is 18.9 Å². The van der Waals surface area contributed by atoms with Crippen molar-refractivity contribution in [1.82, 2.24) is 14.9 Å². The van der Waals surface area contributed by atoms with Crippen LogP contribution >= 0.6 is 0 Å². The number of benzene rings is 2. The maximum atomic E-state index is 11.7. The molecule has 0 bridgehead atoms. The molecule has 1 aromatic heterocycles. The molecule has 0 aliphatic heterocycles. The van der Waals surface area contributed by atoms with E-state index in [1.165, 1.54) is 0 Å². The largest absolute Gasteiger partial charge is 0.493 e. The van der Waals surface area contributed by atoms with E-state index in [9.17, 15) is 4.79 Å². The molecule has 0 aliphatic carbocycles. The van der Waals surface area contributed by atoms with E-state index in [2.05, 4.69) is 16.0 Å². The van der Waals surface area contributed by atoms with E-state index < -0.39 is 0 Å². The Labute approximate surface area is 171 Å². The van der Waals surface area contributed by atoms with Gasteiger partial charge in [0.1, 0.15) is 12.4 Å². The average Bonchev–Trinajstić information content (AvgIpc) is 3.09. The third-order valence-electron chi connectivity index (χ3n) is 4.78. The van der Waals surface area contributed by atoms with Crippen LogP contribution in [0.25, 0.3) is 11.0 Å². The summed E-state index contributed by atoms with van der Waals surface area (Å²) in [6.07, 6.45) is 1.64. The topological polar surface area (TPSA) is 65.4 Å². The predicted molar refractivity (Wildman–Crippen MR) is 114 cm³/mol. The molecule has 0 unspecified atom stereocenters. The SMILES string of the molecule is COc1ccccc1OCCn1c(CCCNC(=O)C(C)C)nc2ccccc21. The van der Waals surface area contributed by atoms with Crippen LogP contribution in [-0.2, 0) is 17.8 Å². The van der Waals surface area contributed by atoms with Gasteiger partial charge in [-0.3, -0.25) is 4.79 Å². The molecule has 0 saturated heterocycles. The van der Waals surface area contributed by atoms with Crippen molar-refractivity contribution in [3.8, 4) is 11.5 Å². The van der Waals surface area contributed by atoms with E-state index in [0.717, 1.165) is 41.2 Å². The van der Waals surface area contributed by atoms with E-state index in [4.69, 9.17) is 14.5 Å². The number of methoxy groups -OCH3 is 1. The molecule has 3 aromatic rings. The first-order valence-electron chi connectivity index (χ1n) is 10.1. The lowest BCUT2D eigenvalue weighted by Crippen LogP contribution is -2.28. The summed E-state index contributed by atoms with van der Waals surface area (Å²) in [7, 11) is 1.64. The van der Waals surface area contributed by atoms with Gasteiger partial charge in [0.25, 0.3) is 0 Å². The molecule has 0 saturated carbocycles. The molecule has 0 fully saturated rings. The molecule has 154 valence electrons. The fourth-order valence-electron chi connectivity index (χ4n) is 3.21. The Balaban J connectivity index is 1.66. The van der Waals surface area contributed by atoms with E-state index in [1.54, 1.807) is 7.11 Å². The van der Waals surface area contributed by atoms with E-state index >= 15 is 0 Å². The Bertz CT molecular complexity index is 949. The number of aryl methyl sites for hydroxylation is 1. The van der Waals surface area contributed by atoms with Gasteiger partial charge in [0.15, 0.2) is 11.5 Å². The zero-order valence-corrected chi connectivity index (χ0v) is 17.4. The van der Waals surface area contributed by atoms with Crippen molar-refractivity contribution in [2.75, 3.05) is 20.3 Å². The summed E-state index contributed by atoms with van der Waals surface area (Å²) < 4.78 is 13.5. The number of amides is 1. The van der Waals surface area contributed by atoms with Gasteiger partial charge in [-0.1, -0.05) is 38.1 Å². The molecule has 2 aromatic carbocycles. The number of hydrogen-bond acceptors (Lipinski definition) is 4. The van der Waals surface area contributed by atoms with Crippen molar-refractivity contribution in [3.63, 3.8) is 0 Å². The van der Waals surface area contributed by atoms with E-state index in [0.29, 0.717) is 19.7 Å². The van der Waals surface area contributed by atoms with Crippen molar-refractivity contribution < 1.29 is 14.3 Å². The van der Waals surface area contributed by atoms with Crippen LogP contribution in [0.1, 0.15) is 26.1 Å². The summed E-state index contributed by atoms with van der Waals surface area (Å²) in [5.74, 6) is 2.56. The molecular formula is C23H29N3O3. The maximum absolute atomic E-state index is 11.7. The quantitative estimate of drug-likeness (QED) is 0.530. The van der Waals surface area contributed by atoms with Gasteiger partial charge in [-0.2, -0.15) is 0 Å². The number of nitrogens with zero attached hydrogens (tertiary/aromatic N) is 2. The number of carbonyl (C=O) groups excluding carboxylic acids is 1. The second-order valence-electron chi connectivity index (χ2n) is 7.22. The summed E-state index contributed by atoms with van der Waals surface area (Å²) in [6.45, 7) is 5.65. The van der Waals surface area contributed by atoms with Gasteiger partial charge in [-0.05, 0) is 30.7 Å². The summed E-state index contributed by atoms with van der Waals surface area (Å²) in [5.41, 5.74) is 2.07. The van der Waals surface area contributed by atoms with Crippen molar-refractivity contribution in [2.24, 2.45) is 5.92 Å². The van der Waals surface area contributed by atoms with Gasteiger partial charge < -0.3 is 19.4 Å². The minimum absolute atomic E-state index is 0.00620. The molecule has 6 nitrogen and oxygen atoms in total. The Hall–Kier alpha value is -3.02. The lowest BCUT2D eigenvalue weighted by atomic mass is 10.2. The lowest BCUT2D eigenvalue weighted by Gasteiger charge is -2.13. The molecule has 1 amide bonds. The Morgan fingerprint density at radius 1 is 1.10 bits per heavy atom. The molecule has 1 N–H and O–H groups in total. The van der Waals surface area contributed by atoms with Crippen LogP contribution in [-0.4, -0.2) is 35.7 Å². The van der Waals surface area contributed by atoms with Gasteiger partial charge in [0.2, 0.25) is 5.91 Å². The number of nitrogens with one attached hydrogen (secondary N) is 1. The highest BCUT2D eigenvalue weighted by atomic mass is 16.5. The standard InChI is InChI=1S/C23H29N3O3/c1-17(2)23(27)24-14-8-13-22-25-18-9-4-5-10-19(18)26(22)15-16-29-21-12-7-6-11-20(21)28-3/h4-7,9-12,17H,8,13-16H2,1-3H3,(H,24,27). The molecule has 0 spiro atoms. The fraction of sp³-hybridized carbons (Fsp3) is 0.391. The van der Waals surface area contributed by atoms with Crippen molar-refractivity contribution in [2.45, 2.75) is 33.2 Å². The Kier molecular flexibility index (Phi) is 7.11. The van der Waals surface area contributed by atoms with Crippen LogP contribution in [0.3, 0.4) is 0 Å². The highest BCUT2D eigenvalue weighted by Crippen LogP contribution is 2.26. The zero-order valence-electron chi connectivity index (χ0n) is 17.4. The molecule has 0 aliphatic rings. The molecule has 0 atom stereocenters. The number of carbonyl (C=O) groups is 1. The average molecular weight is 396 g/mol. The van der Waals surface area contributed by atoms with Crippen LogP contribution in [0.2, 0.25) is 0 Å². The number of fused-ring (bicyclic) bond motifs is 1. The molecule has 0 radical (unpaired) electrons. The summed E-state index contributed by atoms with van der Waals surface area (Å²) in [6, 6.07) is 15.8. The Morgan fingerprint density at radius 3 is 2.59 bits per heavy atom. The molecule has 6 heteroatoms. The number of rotatable bonds is 10. The third-order valence-corrected chi connectivity index (χ3v) is 4.78. The number of hydrogen-bond donors (Lipinski definition) is 1. The molecule has 1 heterocycles. The normalized spacial score (nSPS) is 11.0. The minimum atomic E-state index is 0.00620. The highest BCUT2D eigenvalue weighted by Gasteiger charge is 2.12. The summed E-state index contributed by atoms with van der Waals surface area (Å²) >= 11 is 0. The number of ether oxygens (including phenoxy) is 2. The second kappa shape index (κ2) is 9.96. The first-order chi connectivity index (χ1) is 14.1. The maximum Gasteiger partial charge on any atom is 0.222 e. The number of aromatic nitrogens is 2. The molecular weight excluding hydrogens is 366 g/mol. The lowest BCUT2D eigenvalue weighted by molar-refractivity contribution is -0.123. The molecule has 3 rings (SSSR count).